The molecule has 0 aromatic rings. The molecule has 0 aliphatic rings. The van der Waals surface area contributed by atoms with Crippen LogP contribution in [0.4, 0.5) is 0 Å². The number of ketones is 1. The number of carbonyl (C=O) groups excluding carboxylic acids is 1. The molecule has 0 spiro atoms. The van der Waals surface area contributed by atoms with Gasteiger partial charge in [0.25, 0.3) is 0 Å². The molecule has 0 bridgehead atoms. The zero-order valence-corrected chi connectivity index (χ0v) is 4.02. The second kappa shape index (κ2) is 7.20. The molecule has 0 unspecified atom stereocenters. The molecule has 0 heterocycles. The second-order valence-electron chi connectivity index (χ2n) is 1.14. The first-order valence-corrected chi connectivity index (χ1v) is 1.75. The summed E-state index contributed by atoms with van der Waals surface area (Å²) in [5.41, 5.74) is 0. The molecule has 3 heteroatoms. The molecule has 7 heavy (non-hydrogen) atoms. The van der Waals surface area contributed by atoms with Crippen LogP contribution < -0.4 is 0 Å². The van der Waals surface area contributed by atoms with Crippen molar-refractivity contribution in [1.82, 2.24) is 0 Å². The average Bonchev–Trinajstić information content (AvgIpc) is 1.35. The Hall–Kier alpha value is 1.20. The van der Waals surface area contributed by atoms with E-state index in [1.54, 1.807) is 0 Å². The topological polar surface area (TPSA) is 26.3 Å². The predicted octanol–water partition coefficient (Wildman–Crippen LogP) is -0.694. The van der Waals surface area contributed by atoms with Crippen molar-refractivity contribution in [2.45, 2.75) is 6.92 Å². The molecule has 0 aromatic carbocycles. The van der Waals surface area contributed by atoms with E-state index in [2.05, 4.69) is 4.74 Å². The van der Waals surface area contributed by atoms with Gasteiger partial charge in [-0.1, -0.05) is 0 Å². The third-order valence-corrected chi connectivity index (χ3v) is 0.348. The summed E-state index contributed by atoms with van der Waals surface area (Å²) in [6.45, 7) is 1.73. The van der Waals surface area contributed by atoms with Crippen molar-refractivity contribution in [2.24, 2.45) is 0 Å². The van der Waals surface area contributed by atoms with Gasteiger partial charge < -0.3 is 4.74 Å². The summed E-state index contributed by atoms with van der Waals surface area (Å²) in [4.78, 5) is 9.92. The first-order chi connectivity index (χ1) is 2.77. The molecule has 0 aliphatic heterocycles. The van der Waals surface area contributed by atoms with Gasteiger partial charge in [0.05, 0.1) is 0 Å². The molecule has 0 rings (SSSR count). The molecule has 0 atom stereocenters. The first kappa shape index (κ1) is 11.1. The van der Waals surface area contributed by atoms with E-state index < -0.39 is 0 Å². The van der Waals surface area contributed by atoms with Crippen LogP contribution in [0.2, 0.25) is 0 Å². The van der Waals surface area contributed by atoms with E-state index in [1.165, 1.54) is 14.0 Å². The molecule has 0 N–H and O–H groups in total. The quantitative estimate of drug-likeness (QED) is 0.584. The third kappa shape index (κ3) is 11.0. The van der Waals surface area contributed by atoms with Crippen LogP contribution in [0.5, 0.6) is 0 Å². The van der Waals surface area contributed by atoms with Gasteiger partial charge in [-0.25, -0.2) is 0 Å². The normalized spacial score (nSPS) is 7.14. The van der Waals surface area contributed by atoms with Crippen LogP contribution in [0.25, 0.3) is 0 Å². The van der Waals surface area contributed by atoms with Crippen LogP contribution in [-0.2, 0) is 9.53 Å². The van der Waals surface area contributed by atoms with Gasteiger partial charge in [-0.15, -0.1) is 0 Å². The van der Waals surface area contributed by atoms with Crippen molar-refractivity contribution in [3.05, 3.63) is 0 Å². The molecule has 2 nitrogen and oxygen atoms in total. The summed E-state index contributed by atoms with van der Waals surface area (Å²) in [5, 5.41) is 0. The maximum absolute atomic E-state index is 9.92. The molecule has 0 fully saturated rings. The molecular weight excluding hydrogens is 217 g/mol. The minimum absolute atomic E-state index is 0. The molecule has 0 aromatic heterocycles. The van der Waals surface area contributed by atoms with Crippen molar-refractivity contribution >= 4 is 54.7 Å². The number of hydrogen-bond acceptors (Lipinski definition) is 2. The summed E-state index contributed by atoms with van der Waals surface area (Å²) in [5.74, 6) is 0.0671. The second-order valence-corrected chi connectivity index (χ2v) is 1.14. The number of methoxy groups -OCH3 is 1. The SMILES string of the molecule is COCC(C)=O.[BaH2]. The zero-order chi connectivity index (χ0) is 4.99. The van der Waals surface area contributed by atoms with Gasteiger partial charge >= 0.3 is 48.9 Å². The van der Waals surface area contributed by atoms with Gasteiger partial charge in [-0.3, -0.25) is 4.79 Å². The average molecular weight is 227 g/mol. The van der Waals surface area contributed by atoms with Gasteiger partial charge in [-0.05, 0) is 6.92 Å². The van der Waals surface area contributed by atoms with Crippen molar-refractivity contribution in [3.63, 3.8) is 0 Å². The molecule has 0 aliphatic carbocycles. The Bertz CT molecular complexity index is 53.7. The Morgan fingerprint density at radius 2 is 2.14 bits per heavy atom. The van der Waals surface area contributed by atoms with Crippen molar-refractivity contribution in [3.8, 4) is 0 Å². The summed E-state index contributed by atoms with van der Waals surface area (Å²) in [7, 11) is 1.50. The number of carbonyl (C=O) groups is 1. The number of rotatable bonds is 2. The van der Waals surface area contributed by atoms with E-state index in [-0.39, 0.29) is 61.3 Å². The minimum atomic E-state index is 0. The van der Waals surface area contributed by atoms with Gasteiger partial charge in [-0.2, -0.15) is 0 Å². The van der Waals surface area contributed by atoms with E-state index in [9.17, 15) is 4.79 Å². The van der Waals surface area contributed by atoms with E-state index in [0.29, 0.717) is 0 Å². The van der Waals surface area contributed by atoms with Crippen LogP contribution in [0.15, 0.2) is 0 Å². The summed E-state index contributed by atoms with van der Waals surface area (Å²) < 4.78 is 4.45. The number of hydrogen-bond donors (Lipinski definition) is 0. The van der Waals surface area contributed by atoms with Gasteiger partial charge in [0, 0.05) is 7.11 Å². The van der Waals surface area contributed by atoms with Crippen molar-refractivity contribution in [2.75, 3.05) is 13.7 Å². The fourth-order valence-electron chi connectivity index (χ4n) is 0.203. The molecule has 0 amide bonds. The van der Waals surface area contributed by atoms with Crippen LogP contribution in [-0.4, -0.2) is 68.4 Å². The Morgan fingerprint density at radius 1 is 1.71 bits per heavy atom. The monoisotopic (exact) mass is 228 g/mol. The Morgan fingerprint density at radius 3 is 2.14 bits per heavy atom. The summed E-state index contributed by atoms with van der Waals surface area (Å²) >= 11 is 0. The van der Waals surface area contributed by atoms with Crippen molar-refractivity contribution in [1.29, 1.82) is 0 Å². The number of ether oxygens (including phenoxy) is 1. The van der Waals surface area contributed by atoms with E-state index in [1.807, 2.05) is 0 Å². The van der Waals surface area contributed by atoms with E-state index >= 15 is 0 Å². The van der Waals surface area contributed by atoms with Gasteiger partial charge in [0.1, 0.15) is 6.61 Å². The van der Waals surface area contributed by atoms with E-state index in [0.717, 1.165) is 0 Å². The summed E-state index contributed by atoms with van der Waals surface area (Å²) in [6, 6.07) is 0. The fourth-order valence-corrected chi connectivity index (χ4v) is 0.203. The predicted molar refractivity (Wildman–Crippen MR) is 31.1 cm³/mol. The zero-order valence-electron chi connectivity index (χ0n) is 4.02. The Balaban J connectivity index is 0. The van der Waals surface area contributed by atoms with Crippen LogP contribution in [0.3, 0.4) is 0 Å². The Labute approximate surface area is 83.7 Å². The maximum atomic E-state index is 9.92. The molecule has 40 valence electrons. The van der Waals surface area contributed by atoms with Crippen LogP contribution >= 0.6 is 0 Å². The standard InChI is InChI=1S/C4H8O2.Ba.2H/c1-4(5)3-6-2;;;/h3H2,1-2H3;;;. The number of Topliss-reactive ketones (excluding diaryl/α,β-unsaturated/α-hetero) is 1. The summed E-state index contributed by atoms with van der Waals surface area (Å²) in [6.07, 6.45) is 0. The van der Waals surface area contributed by atoms with Crippen LogP contribution in [0, 0.1) is 0 Å². The Kier molecular flexibility index (Phi) is 11.4. The van der Waals surface area contributed by atoms with Gasteiger partial charge in [0.15, 0.2) is 5.78 Å². The van der Waals surface area contributed by atoms with E-state index in [4.69, 9.17) is 0 Å². The van der Waals surface area contributed by atoms with Crippen LogP contribution in [0.1, 0.15) is 6.92 Å². The molecule has 0 saturated carbocycles. The first-order valence-electron chi connectivity index (χ1n) is 1.75. The molecule has 0 saturated heterocycles. The third-order valence-electron chi connectivity index (χ3n) is 0.348. The van der Waals surface area contributed by atoms with Crippen molar-refractivity contribution < 1.29 is 9.53 Å². The van der Waals surface area contributed by atoms with Gasteiger partial charge in [0.2, 0.25) is 0 Å². The molecule has 0 radical (unpaired) electrons. The fraction of sp³-hybridized carbons (Fsp3) is 0.750. The molecular formula is C4H10BaO2.